The first-order valence-electron chi connectivity index (χ1n) is 7.85. The molecular formula is C20H17ClO5. The van der Waals surface area contributed by atoms with Crippen molar-refractivity contribution in [1.29, 1.82) is 0 Å². The van der Waals surface area contributed by atoms with Gasteiger partial charge in [0.1, 0.15) is 5.75 Å². The number of halogens is 1. The average Bonchev–Trinajstić information content (AvgIpc) is 2.66. The summed E-state index contributed by atoms with van der Waals surface area (Å²) in [5, 5.41) is 0. The van der Waals surface area contributed by atoms with E-state index >= 15 is 0 Å². The Hall–Kier alpha value is -2.41. The molecule has 5 nitrogen and oxygen atoms in total. The highest BCUT2D eigenvalue weighted by Gasteiger charge is 2.23. The van der Waals surface area contributed by atoms with E-state index < -0.39 is 10.2 Å². The Morgan fingerprint density at radius 3 is 1.77 bits per heavy atom. The molecule has 0 saturated heterocycles. The third-order valence-corrected chi connectivity index (χ3v) is 4.32. The smallest absolute Gasteiger partial charge is 0.229 e. The van der Waals surface area contributed by atoms with Gasteiger partial charge in [0.15, 0.2) is 0 Å². The molecule has 0 spiro atoms. The lowest BCUT2D eigenvalue weighted by molar-refractivity contribution is -1.92. The van der Waals surface area contributed by atoms with Crippen LogP contribution in [-0.2, 0) is 10.9 Å². The van der Waals surface area contributed by atoms with Gasteiger partial charge in [-0.1, -0.05) is 66.7 Å². The largest absolute Gasteiger partial charge is 0.496 e. The molecule has 0 atom stereocenters. The molecule has 3 aromatic carbocycles. The van der Waals surface area contributed by atoms with E-state index in [1.165, 1.54) is 0 Å². The molecule has 0 aromatic heterocycles. The van der Waals surface area contributed by atoms with Crippen molar-refractivity contribution in [2.45, 2.75) is 6.61 Å². The minimum Gasteiger partial charge on any atom is -0.496 e. The van der Waals surface area contributed by atoms with Gasteiger partial charge in [0.05, 0.1) is 21.6 Å². The van der Waals surface area contributed by atoms with E-state index in [-0.39, 0.29) is 6.61 Å². The fourth-order valence-electron chi connectivity index (χ4n) is 2.87. The predicted octanol–water partition coefficient (Wildman–Crippen LogP) is 1.44. The van der Waals surface area contributed by atoms with Crippen molar-refractivity contribution in [3.05, 3.63) is 78.4 Å². The summed E-state index contributed by atoms with van der Waals surface area (Å²) in [7, 11) is -2.93. The molecule has 0 amide bonds. The molecule has 0 unspecified atom stereocenters. The summed E-state index contributed by atoms with van der Waals surface area (Å²) in [6.45, 7) is -0.360. The highest BCUT2D eigenvalue weighted by Crippen LogP contribution is 2.41. The minimum absolute atomic E-state index is 0.360. The van der Waals surface area contributed by atoms with Crippen LogP contribution in [0.2, 0.25) is 0 Å². The van der Waals surface area contributed by atoms with Crippen molar-refractivity contribution in [3.63, 3.8) is 0 Å². The van der Waals surface area contributed by atoms with E-state index in [1.807, 2.05) is 60.7 Å². The zero-order valence-corrected chi connectivity index (χ0v) is 14.8. The van der Waals surface area contributed by atoms with Crippen LogP contribution in [0.3, 0.4) is 0 Å². The van der Waals surface area contributed by atoms with E-state index in [0.717, 1.165) is 22.3 Å². The third-order valence-electron chi connectivity index (χ3n) is 3.94. The lowest BCUT2D eigenvalue weighted by Gasteiger charge is -2.19. The standard InChI is InChI=1S/C20H17ClO5/c1-25-18-13-12-17(14-26-21(22,23)24)19(15-8-4-2-5-9-15)20(18)16-10-6-3-7-11-16/h2-13H,14H2,1H3. The molecule has 0 aliphatic carbocycles. The highest BCUT2D eigenvalue weighted by molar-refractivity contribution is 5.89. The molecule has 134 valence electrons. The van der Waals surface area contributed by atoms with Crippen LogP contribution in [0.5, 0.6) is 5.75 Å². The third kappa shape index (κ3) is 4.22. The van der Waals surface area contributed by atoms with Gasteiger partial charge in [0.25, 0.3) is 0 Å². The Balaban J connectivity index is 2.23. The molecule has 6 heteroatoms. The van der Waals surface area contributed by atoms with Gasteiger partial charge in [-0.25, -0.2) is 0 Å². The van der Waals surface area contributed by atoms with Gasteiger partial charge in [-0.2, -0.15) is 14.0 Å². The van der Waals surface area contributed by atoms with Crippen molar-refractivity contribution >= 4 is 0 Å². The van der Waals surface area contributed by atoms with E-state index in [4.69, 9.17) is 4.74 Å². The SMILES string of the molecule is COc1ccc(CO[Cl+3]([O-])([O-])[O-])c(-c2ccccc2)c1-c1ccccc1. The molecule has 0 fully saturated rings. The zero-order valence-electron chi connectivity index (χ0n) is 14.1. The van der Waals surface area contributed by atoms with Crippen molar-refractivity contribution < 1.29 is 33.2 Å². The van der Waals surface area contributed by atoms with E-state index in [2.05, 4.69) is 4.29 Å². The lowest BCUT2D eigenvalue weighted by Crippen LogP contribution is -2.60. The maximum absolute atomic E-state index is 10.9. The van der Waals surface area contributed by atoms with Gasteiger partial charge >= 0.3 is 0 Å². The van der Waals surface area contributed by atoms with Gasteiger partial charge in [0, 0.05) is 11.1 Å². The lowest BCUT2D eigenvalue weighted by atomic mass is 9.90. The number of ether oxygens (including phenoxy) is 1. The quantitative estimate of drug-likeness (QED) is 0.653. The molecule has 0 saturated carbocycles. The Morgan fingerprint density at radius 1 is 0.731 bits per heavy atom. The highest BCUT2D eigenvalue weighted by atomic mass is 35.7. The van der Waals surface area contributed by atoms with Crippen LogP contribution in [-0.4, -0.2) is 7.11 Å². The molecule has 0 radical (unpaired) electrons. The average molecular weight is 373 g/mol. The van der Waals surface area contributed by atoms with E-state index in [9.17, 15) is 14.0 Å². The summed E-state index contributed by atoms with van der Waals surface area (Å²) in [6, 6.07) is 22.5. The van der Waals surface area contributed by atoms with Gasteiger partial charge in [0.2, 0.25) is 6.61 Å². The van der Waals surface area contributed by atoms with Crippen LogP contribution >= 0.6 is 0 Å². The van der Waals surface area contributed by atoms with Crippen molar-refractivity contribution in [1.82, 2.24) is 0 Å². The van der Waals surface area contributed by atoms with E-state index in [1.54, 1.807) is 19.2 Å². The monoisotopic (exact) mass is 372 g/mol. The molecule has 0 N–H and O–H groups in total. The summed E-state index contributed by atoms with van der Waals surface area (Å²) in [4.78, 5) is 0. The van der Waals surface area contributed by atoms with Crippen molar-refractivity contribution in [2.24, 2.45) is 0 Å². The summed E-state index contributed by atoms with van der Waals surface area (Å²) >= 11 is 0. The Bertz CT molecular complexity index is 861. The maximum atomic E-state index is 10.9. The second-order valence-corrected chi connectivity index (χ2v) is 6.51. The Morgan fingerprint density at radius 2 is 1.27 bits per heavy atom. The minimum atomic E-state index is -4.51. The van der Waals surface area contributed by atoms with Crippen LogP contribution in [0.25, 0.3) is 22.3 Å². The number of hydrogen-bond acceptors (Lipinski definition) is 5. The van der Waals surface area contributed by atoms with Gasteiger partial charge in [-0.15, -0.1) is 0 Å². The maximum Gasteiger partial charge on any atom is 0.229 e. The molecule has 0 aliphatic rings. The van der Waals surface area contributed by atoms with Crippen molar-refractivity contribution in [2.75, 3.05) is 7.11 Å². The number of methoxy groups -OCH3 is 1. The van der Waals surface area contributed by atoms with Gasteiger partial charge in [-0.05, 0) is 22.8 Å². The second kappa shape index (κ2) is 7.86. The summed E-state index contributed by atoms with van der Waals surface area (Å²) in [5.41, 5.74) is 3.91. The Labute approximate surface area is 153 Å². The van der Waals surface area contributed by atoms with Crippen LogP contribution in [0, 0.1) is 10.2 Å². The first-order valence-corrected chi connectivity index (χ1v) is 9.09. The first-order chi connectivity index (χ1) is 12.5. The fraction of sp³-hybridized carbons (Fsp3) is 0.100. The summed E-state index contributed by atoms with van der Waals surface area (Å²) in [6.07, 6.45) is 0. The second-order valence-electron chi connectivity index (χ2n) is 5.54. The molecule has 0 bridgehead atoms. The molecule has 0 heterocycles. The summed E-state index contributed by atoms with van der Waals surface area (Å²) < 4.78 is 42.7. The van der Waals surface area contributed by atoms with E-state index in [0.29, 0.717) is 11.3 Å². The van der Waals surface area contributed by atoms with Crippen LogP contribution in [0.4, 0.5) is 0 Å². The molecule has 3 rings (SSSR count). The first kappa shape index (κ1) is 18.4. The normalized spacial score (nSPS) is 11.4. The number of hydrogen-bond donors (Lipinski definition) is 0. The van der Waals surface area contributed by atoms with Crippen LogP contribution in [0.15, 0.2) is 72.8 Å². The molecular weight excluding hydrogens is 356 g/mol. The number of benzene rings is 3. The fourth-order valence-corrected chi connectivity index (χ4v) is 3.12. The molecule has 0 aliphatic heterocycles. The zero-order chi connectivity index (χ0) is 18.6. The predicted molar refractivity (Wildman–Crippen MR) is 88.7 cm³/mol. The van der Waals surface area contributed by atoms with Crippen LogP contribution in [0.1, 0.15) is 5.56 Å². The molecule has 26 heavy (non-hydrogen) atoms. The van der Waals surface area contributed by atoms with Crippen molar-refractivity contribution in [3.8, 4) is 28.0 Å². The Kier molecular flexibility index (Phi) is 5.56. The number of rotatable bonds is 6. The van der Waals surface area contributed by atoms with Gasteiger partial charge < -0.3 is 4.74 Å². The summed E-state index contributed by atoms with van der Waals surface area (Å²) in [5.74, 6) is 0.640. The topological polar surface area (TPSA) is 87.6 Å². The molecule has 3 aromatic rings. The van der Waals surface area contributed by atoms with Crippen LogP contribution < -0.4 is 18.7 Å². The van der Waals surface area contributed by atoms with Gasteiger partial charge in [-0.3, -0.25) is 0 Å².